The SMILES string of the molecule is CCNC(=NCC(C)CN1CCN(CC)CC1)NCCn1cccc1. The van der Waals surface area contributed by atoms with Gasteiger partial charge in [0.05, 0.1) is 0 Å². The molecule has 25 heavy (non-hydrogen) atoms. The minimum absolute atomic E-state index is 0.577. The number of aliphatic imine (C=N–C) groups is 1. The molecule has 2 rings (SSSR count). The molecular weight excluding hydrogens is 312 g/mol. The monoisotopic (exact) mass is 348 g/mol. The van der Waals surface area contributed by atoms with Crippen LogP contribution in [0.4, 0.5) is 0 Å². The van der Waals surface area contributed by atoms with Crippen LogP contribution in [0.3, 0.4) is 0 Å². The van der Waals surface area contributed by atoms with E-state index in [0.717, 1.165) is 38.7 Å². The van der Waals surface area contributed by atoms with Crippen molar-refractivity contribution < 1.29 is 0 Å². The van der Waals surface area contributed by atoms with Gasteiger partial charge in [0.2, 0.25) is 0 Å². The number of piperazine rings is 1. The Morgan fingerprint density at radius 3 is 2.36 bits per heavy atom. The van der Waals surface area contributed by atoms with Crippen LogP contribution in [0.15, 0.2) is 29.5 Å². The summed E-state index contributed by atoms with van der Waals surface area (Å²) >= 11 is 0. The van der Waals surface area contributed by atoms with E-state index in [9.17, 15) is 0 Å². The van der Waals surface area contributed by atoms with Crippen LogP contribution in [0.5, 0.6) is 0 Å². The minimum atomic E-state index is 0.577. The predicted octanol–water partition coefficient (Wildman–Crippen LogP) is 1.32. The van der Waals surface area contributed by atoms with Gasteiger partial charge in [-0.3, -0.25) is 4.99 Å². The highest BCUT2D eigenvalue weighted by atomic mass is 15.3. The molecule has 1 unspecified atom stereocenters. The average Bonchev–Trinajstić information content (AvgIpc) is 3.14. The van der Waals surface area contributed by atoms with Crippen LogP contribution in [0.1, 0.15) is 20.8 Å². The van der Waals surface area contributed by atoms with Crippen molar-refractivity contribution in [2.45, 2.75) is 27.3 Å². The van der Waals surface area contributed by atoms with Crippen molar-refractivity contribution >= 4 is 5.96 Å². The van der Waals surface area contributed by atoms with Gasteiger partial charge < -0.3 is 25.0 Å². The molecule has 1 fully saturated rings. The first-order chi connectivity index (χ1) is 12.2. The molecule has 0 aromatic carbocycles. The summed E-state index contributed by atoms with van der Waals surface area (Å²) in [6.45, 7) is 17.4. The summed E-state index contributed by atoms with van der Waals surface area (Å²) < 4.78 is 2.18. The Bertz CT molecular complexity index is 476. The van der Waals surface area contributed by atoms with E-state index in [1.807, 2.05) is 0 Å². The summed E-state index contributed by atoms with van der Waals surface area (Å²) in [5.41, 5.74) is 0. The molecule has 1 aliphatic heterocycles. The van der Waals surface area contributed by atoms with Gasteiger partial charge in [0.1, 0.15) is 0 Å². The number of hydrogen-bond acceptors (Lipinski definition) is 3. The second kappa shape index (κ2) is 11.2. The molecule has 142 valence electrons. The van der Waals surface area contributed by atoms with Gasteiger partial charge in [-0.25, -0.2) is 0 Å². The summed E-state index contributed by atoms with van der Waals surface area (Å²) in [5, 5.41) is 6.77. The van der Waals surface area contributed by atoms with Crippen molar-refractivity contribution in [1.29, 1.82) is 0 Å². The molecule has 2 N–H and O–H groups in total. The van der Waals surface area contributed by atoms with E-state index in [-0.39, 0.29) is 0 Å². The number of hydrogen-bond donors (Lipinski definition) is 2. The van der Waals surface area contributed by atoms with Crippen LogP contribution in [-0.4, -0.2) is 79.2 Å². The molecule has 1 aromatic rings. The molecule has 0 radical (unpaired) electrons. The first-order valence-corrected chi connectivity index (χ1v) is 9.78. The number of nitrogens with zero attached hydrogens (tertiary/aromatic N) is 4. The number of nitrogens with one attached hydrogen (secondary N) is 2. The third kappa shape index (κ3) is 7.48. The zero-order chi connectivity index (χ0) is 17.9. The second-order valence-corrected chi connectivity index (χ2v) is 6.91. The van der Waals surface area contributed by atoms with E-state index < -0.39 is 0 Å². The van der Waals surface area contributed by atoms with E-state index in [1.54, 1.807) is 0 Å². The van der Waals surface area contributed by atoms with E-state index in [0.29, 0.717) is 5.92 Å². The topological polar surface area (TPSA) is 47.8 Å². The van der Waals surface area contributed by atoms with Gasteiger partial charge >= 0.3 is 0 Å². The zero-order valence-electron chi connectivity index (χ0n) is 16.2. The maximum atomic E-state index is 4.78. The fourth-order valence-electron chi connectivity index (χ4n) is 3.20. The fourth-order valence-corrected chi connectivity index (χ4v) is 3.20. The predicted molar refractivity (Wildman–Crippen MR) is 106 cm³/mol. The molecule has 6 heteroatoms. The number of guanidine groups is 1. The van der Waals surface area contributed by atoms with Crippen LogP contribution < -0.4 is 10.6 Å². The van der Waals surface area contributed by atoms with Crippen LogP contribution in [0.25, 0.3) is 0 Å². The van der Waals surface area contributed by atoms with Crippen LogP contribution in [-0.2, 0) is 6.54 Å². The van der Waals surface area contributed by atoms with Crippen molar-refractivity contribution in [3.05, 3.63) is 24.5 Å². The molecule has 0 saturated carbocycles. The Balaban J connectivity index is 1.69. The number of rotatable bonds is 9. The molecule has 1 atom stereocenters. The maximum absolute atomic E-state index is 4.78. The number of likely N-dealkylation sites (N-methyl/N-ethyl adjacent to an activating group) is 1. The Morgan fingerprint density at radius 1 is 1.04 bits per heavy atom. The van der Waals surface area contributed by atoms with Crippen molar-refractivity contribution in [1.82, 2.24) is 25.0 Å². The average molecular weight is 349 g/mol. The van der Waals surface area contributed by atoms with Gasteiger partial charge in [-0.05, 0) is 31.5 Å². The lowest BCUT2D eigenvalue weighted by Gasteiger charge is -2.35. The lowest BCUT2D eigenvalue weighted by molar-refractivity contribution is 0.125. The second-order valence-electron chi connectivity index (χ2n) is 6.91. The normalized spacial score (nSPS) is 18.3. The first-order valence-electron chi connectivity index (χ1n) is 9.78. The molecule has 0 bridgehead atoms. The maximum Gasteiger partial charge on any atom is 0.191 e. The molecule has 1 aliphatic rings. The van der Waals surface area contributed by atoms with E-state index >= 15 is 0 Å². The summed E-state index contributed by atoms with van der Waals surface area (Å²) in [6.07, 6.45) is 4.18. The quantitative estimate of drug-likeness (QED) is 0.522. The van der Waals surface area contributed by atoms with Crippen LogP contribution >= 0.6 is 0 Å². The van der Waals surface area contributed by atoms with Crippen molar-refractivity contribution in [2.24, 2.45) is 10.9 Å². The smallest absolute Gasteiger partial charge is 0.191 e. The molecule has 0 spiro atoms. The Kier molecular flexibility index (Phi) is 8.83. The molecule has 0 amide bonds. The molecule has 1 aromatic heterocycles. The Labute approximate surface area is 153 Å². The molecular formula is C19H36N6. The Morgan fingerprint density at radius 2 is 1.72 bits per heavy atom. The third-order valence-electron chi connectivity index (χ3n) is 4.72. The van der Waals surface area contributed by atoms with Crippen LogP contribution in [0.2, 0.25) is 0 Å². The largest absolute Gasteiger partial charge is 0.357 e. The van der Waals surface area contributed by atoms with E-state index in [1.165, 1.54) is 32.7 Å². The van der Waals surface area contributed by atoms with Crippen molar-refractivity contribution in [3.8, 4) is 0 Å². The summed E-state index contributed by atoms with van der Waals surface area (Å²) in [7, 11) is 0. The molecule has 6 nitrogen and oxygen atoms in total. The van der Waals surface area contributed by atoms with Gasteiger partial charge in [-0.1, -0.05) is 13.8 Å². The lowest BCUT2D eigenvalue weighted by atomic mass is 10.1. The van der Waals surface area contributed by atoms with E-state index in [4.69, 9.17) is 4.99 Å². The zero-order valence-corrected chi connectivity index (χ0v) is 16.2. The van der Waals surface area contributed by atoms with Gasteiger partial charge in [0, 0.05) is 71.3 Å². The summed E-state index contributed by atoms with van der Waals surface area (Å²) in [6, 6.07) is 4.11. The Hall–Kier alpha value is -1.53. The van der Waals surface area contributed by atoms with Crippen molar-refractivity contribution in [2.75, 3.05) is 58.9 Å². The molecule has 1 saturated heterocycles. The van der Waals surface area contributed by atoms with Gasteiger partial charge in [-0.15, -0.1) is 0 Å². The highest BCUT2D eigenvalue weighted by molar-refractivity contribution is 5.79. The summed E-state index contributed by atoms with van der Waals surface area (Å²) in [5.74, 6) is 1.50. The molecule has 0 aliphatic carbocycles. The highest BCUT2D eigenvalue weighted by Gasteiger charge is 2.17. The third-order valence-corrected chi connectivity index (χ3v) is 4.72. The number of aromatic nitrogens is 1. The highest BCUT2D eigenvalue weighted by Crippen LogP contribution is 2.06. The van der Waals surface area contributed by atoms with Crippen LogP contribution in [0, 0.1) is 5.92 Å². The summed E-state index contributed by atoms with van der Waals surface area (Å²) in [4.78, 5) is 9.88. The van der Waals surface area contributed by atoms with E-state index in [2.05, 4.69) is 70.3 Å². The molecule has 2 heterocycles. The van der Waals surface area contributed by atoms with Gasteiger partial charge in [-0.2, -0.15) is 0 Å². The first kappa shape index (κ1) is 19.8. The minimum Gasteiger partial charge on any atom is -0.357 e. The van der Waals surface area contributed by atoms with Gasteiger partial charge in [0.15, 0.2) is 5.96 Å². The fraction of sp³-hybridized carbons (Fsp3) is 0.737. The van der Waals surface area contributed by atoms with Crippen molar-refractivity contribution in [3.63, 3.8) is 0 Å². The van der Waals surface area contributed by atoms with Gasteiger partial charge in [0.25, 0.3) is 0 Å². The standard InChI is InChI=1S/C19H36N6/c1-4-20-19(21-8-11-24-9-6-7-10-24)22-16-18(3)17-25-14-12-23(5-2)13-15-25/h6-7,9-10,18H,4-5,8,11-17H2,1-3H3,(H2,20,21,22). The lowest BCUT2D eigenvalue weighted by Crippen LogP contribution is -2.47.